The molecule has 192 valence electrons. The number of rotatable bonds is 4. The topological polar surface area (TPSA) is 26.3 Å². The number of carbonyl (C=O) groups excluding carboxylic acids is 1. The minimum atomic E-state index is 0.195. The maximum absolute atomic E-state index is 10.6. The monoisotopic (exact) mass is 486 g/mol. The zero-order valence-electron chi connectivity index (χ0n) is 23.3. The van der Waals surface area contributed by atoms with Gasteiger partial charge < -0.3 is 8.98 Å². The first-order valence-electron chi connectivity index (χ1n) is 13.0. The summed E-state index contributed by atoms with van der Waals surface area (Å²) in [6.45, 7) is 19.6. The molecule has 1 spiro atoms. The fourth-order valence-corrected chi connectivity index (χ4v) is 4.75. The lowest BCUT2D eigenvalue weighted by Crippen LogP contribution is -2.49. The Morgan fingerprint density at radius 3 is 1.53 bits per heavy atom. The average molecular weight is 487 g/mol. The third-order valence-electron chi connectivity index (χ3n) is 5.52. The Morgan fingerprint density at radius 1 is 0.824 bits per heavy atom. The van der Waals surface area contributed by atoms with E-state index in [4.69, 9.17) is 4.18 Å². The molecule has 0 bridgehead atoms. The van der Waals surface area contributed by atoms with Crippen molar-refractivity contribution in [2.24, 2.45) is 17.3 Å². The highest BCUT2D eigenvalue weighted by atomic mass is 32.2. The van der Waals surface area contributed by atoms with Gasteiger partial charge in [0.2, 0.25) is 0 Å². The summed E-state index contributed by atoms with van der Waals surface area (Å²) in [6, 6.07) is 20.5. The predicted molar refractivity (Wildman–Crippen MR) is 152 cm³/mol. The molecule has 0 aliphatic heterocycles. The molecule has 2 aromatic rings. The van der Waals surface area contributed by atoms with Crippen molar-refractivity contribution in [3.63, 3.8) is 0 Å². The minimum absolute atomic E-state index is 0.195. The summed E-state index contributed by atoms with van der Waals surface area (Å²) in [6.07, 6.45) is 5.97. The Balaban J connectivity index is 0.000000503. The fourth-order valence-electron chi connectivity index (χ4n) is 4.14. The lowest BCUT2D eigenvalue weighted by Gasteiger charge is -2.56. The van der Waals surface area contributed by atoms with E-state index in [0.717, 1.165) is 31.7 Å². The number of carbonyl (C=O) groups is 1. The van der Waals surface area contributed by atoms with Crippen molar-refractivity contribution in [2.75, 3.05) is 6.61 Å². The Bertz CT molecular complexity index is 686. The van der Waals surface area contributed by atoms with E-state index in [0.29, 0.717) is 11.3 Å². The molecule has 2 aliphatic rings. The first kappa shape index (κ1) is 32.4. The van der Waals surface area contributed by atoms with Gasteiger partial charge in [0.15, 0.2) is 0 Å². The fraction of sp³-hybridized carbons (Fsp3) is 0.581. The van der Waals surface area contributed by atoms with Crippen molar-refractivity contribution < 1.29 is 8.98 Å². The molecular formula is C31H50O2S. The van der Waals surface area contributed by atoms with E-state index < -0.39 is 0 Å². The second-order valence-corrected chi connectivity index (χ2v) is 11.5. The van der Waals surface area contributed by atoms with Crippen molar-refractivity contribution in [3.8, 4) is 0 Å². The van der Waals surface area contributed by atoms with Gasteiger partial charge in [0.25, 0.3) is 0 Å². The van der Waals surface area contributed by atoms with E-state index in [1.165, 1.54) is 24.0 Å². The van der Waals surface area contributed by atoms with Gasteiger partial charge in [-0.1, -0.05) is 99.5 Å². The standard InChI is InChI=1S/C13H22O2S.2C7H8.2C2H6/c1-12(2,3)16-15-9-11-6-13(7-11)4-10(5-13)8-14;2*1-7-5-3-2-4-6-7;2*1-2/h8,10-11H,4-7,9H2,1-3H3;2*2-6H,1H3;2*1-2H3. The second kappa shape index (κ2) is 17.8. The average Bonchev–Trinajstić information content (AvgIpc) is 2.78. The Hall–Kier alpha value is -1.58. The first-order chi connectivity index (χ1) is 16.2. The minimum Gasteiger partial charge on any atom is -0.314 e. The van der Waals surface area contributed by atoms with Crippen LogP contribution < -0.4 is 0 Å². The van der Waals surface area contributed by atoms with E-state index >= 15 is 0 Å². The van der Waals surface area contributed by atoms with Gasteiger partial charge in [-0.15, -0.1) is 0 Å². The molecule has 0 amide bonds. The molecule has 2 fully saturated rings. The number of benzene rings is 2. The van der Waals surface area contributed by atoms with Crippen LogP contribution in [0.3, 0.4) is 0 Å². The first-order valence-corrected chi connectivity index (χ1v) is 13.7. The molecule has 0 unspecified atom stereocenters. The van der Waals surface area contributed by atoms with E-state index in [1.54, 1.807) is 12.0 Å². The van der Waals surface area contributed by atoms with Gasteiger partial charge in [0.05, 0.1) is 6.61 Å². The Morgan fingerprint density at radius 2 is 1.24 bits per heavy atom. The van der Waals surface area contributed by atoms with Crippen molar-refractivity contribution in [3.05, 3.63) is 71.8 Å². The second-order valence-electron chi connectivity index (χ2n) is 9.87. The number of hydrogen-bond donors (Lipinski definition) is 0. The maximum Gasteiger partial charge on any atom is 0.123 e. The molecule has 0 atom stereocenters. The van der Waals surface area contributed by atoms with Crippen molar-refractivity contribution in [1.82, 2.24) is 0 Å². The summed E-state index contributed by atoms with van der Waals surface area (Å²) in [5, 5.41) is 0. The lowest BCUT2D eigenvalue weighted by atomic mass is 9.48. The van der Waals surface area contributed by atoms with Crippen LogP contribution in [0.5, 0.6) is 0 Å². The van der Waals surface area contributed by atoms with E-state index in [9.17, 15) is 4.79 Å². The van der Waals surface area contributed by atoms with Gasteiger partial charge in [-0.25, -0.2) is 0 Å². The van der Waals surface area contributed by atoms with Gasteiger partial charge in [0, 0.05) is 10.7 Å². The highest BCUT2D eigenvalue weighted by molar-refractivity contribution is 7.96. The third kappa shape index (κ3) is 14.0. The molecule has 0 N–H and O–H groups in total. The third-order valence-corrected chi connectivity index (χ3v) is 6.27. The molecule has 4 rings (SSSR count). The molecular weight excluding hydrogens is 436 g/mol. The molecule has 34 heavy (non-hydrogen) atoms. The molecule has 0 saturated heterocycles. The number of aldehydes is 1. The summed E-state index contributed by atoms with van der Waals surface area (Å²) < 4.78 is 5.86. The van der Waals surface area contributed by atoms with Crippen LogP contribution in [-0.4, -0.2) is 17.6 Å². The van der Waals surface area contributed by atoms with Crippen LogP contribution in [0.25, 0.3) is 0 Å². The van der Waals surface area contributed by atoms with Crippen molar-refractivity contribution in [2.45, 2.75) is 92.7 Å². The zero-order chi connectivity index (χ0) is 26.0. The zero-order valence-corrected chi connectivity index (χ0v) is 24.1. The van der Waals surface area contributed by atoms with Crippen LogP contribution in [0.4, 0.5) is 0 Å². The summed E-state index contributed by atoms with van der Waals surface area (Å²) in [7, 11) is 0. The smallest absolute Gasteiger partial charge is 0.123 e. The molecule has 0 aromatic heterocycles. The van der Waals surface area contributed by atoms with Crippen LogP contribution >= 0.6 is 12.0 Å². The van der Waals surface area contributed by atoms with Gasteiger partial charge >= 0.3 is 0 Å². The van der Waals surface area contributed by atoms with Crippen molar-refractivity contribution >= 4 is 18.3 Å². The van der Waals surface area contributed by atoms with E-state index in [2.05, 4.69) is 58.9 Å². The molecule has 2 aliphatic carbocycles. The van der Waals surface area contributed by atoms with Crippen LogP contribution in [0.15, 0.2) is 60.7 Å². The van der Waals surface area contributed by atoms with Crippen molar-refractivity contribution in [1.29, 1.82) is 0 Å². The largest absolute Gasteiger partial charge is 0.314 e. The quantitative estimate of drug-likeness (QED) is 0.318. The highest BCUT2D eigenvalue weighted by Crippen LogP contribution is 2.60. The summed E-state index contributed by atoms with van der Waals surface area (Å²) >= 11 is 1.59. The van der Waals surface area contributed by atoms with Gasteiger partial charge in [-0.05, 0) is 83.7 Å². The van der Waals surface area contributed by atoms with Crippen LogP contribution in [0.1, 0.15) is 85.3 Å². The van der Waals surface area contributed by atoms with Gasteiger partial charge in [-0.3, -0.25) is 0 Å². The molecule has 3 heteroatoms. The summed E-state index contributed by atoms with van der Waals surface area (Å²) in [5.41, 5.74) is 3.19. The molecule has 2 saturated carbocycles. The highest BCUT2D eigenvalue weighted by Gasteiger charge is 2.52. The van der Waals surface area contributed by atoms with E-state index in [1.807, 2.05) is 64.1 Å². The molecule has 2 aromatic carbocycles. The number of aryl methyl sites for hydroxylation is 2. The lowest BCUT2D eigenvalue weighted by molar-refractivity contribution is -0.127. The molecule has 0 heterocycles. The van der Waals surface area contributed by atoms with Crippen LogP contribution in [0.2, 0.25) is 0 Å². The predicted octanol–water partition coefficient (Wildman–Crippen LogP) is 9.50. The number of hydrogen-bond acceptors (Lipinski definition) is 3. The van der Waals surface area contributed by atoms with E-state index in [-0.39, 0.29) is 4.75 Å². The molecule has 0 radical (unpaired) electrons. The summed E-state index contributed by atoms with van der Waals surface area (Å²) in [4.78, 5) is 10.6. The van der Waals surface area contributed by atoms with Crippen LogP contribution in [0, 0.1) is 31.1 Å². The van der Waals surface area contributed by atoms with Gasteiger partial charge in [-0.2, -0.15) is 0 Å². The van der Waals surface area contributed by atoms with Gasteiger partial charge in [0.1, 0.15) is 6.29 Å². The summed E-state index contributed by atoms with van der Waals surface area (Å²) in [5.74, 6) is 1.10. The molecule has 2 nitrogen and oxygen atoms in total. The SMILES string of the molecule is CC.CC.CC(C)(C)SOCC1CC2(CC(C=O)C2)C1.Cc1ccccc1.Cc1ccccc1. The normalized spacial score (nSPS) is 21.8. The Labute approximate surface area is 215 Å². The Kier molecular flexibility index (Phi) is 17.0. The van der Waals surface area contributed by atoms with Crippen LogP contribution in [-0.2, 0) is 8.98 Å². The maximum atomic E-state index is 10.6.